The maximum atomic E-state index is 11.8. The Bertz CT molecular complexity index is 601. The van der Waals surface area contributed by atoms with Crippen molar-refractivity contribution in [1.29, 1.82) is 0 Å². The molecule has 0 aliphatic rings. The second-order valence-corrected chi connectivity index (χ2v) is 4.71. The van der Waals surface area contributed by atoms with Crippen LogP contribution in [0.1, 0.15) is 11.3 Å². The molecule has 0 aliphatic heterocycles. The van der Waals surface area contributed by atoms with Crippen LogP contribution >= 0.6 is 15.9 Å². The lowest BCUT2D eigenvalue weighted by Crippen LogP contribution is -2.28. The van der Waals surface area contributed by atoms with Gasteiger partial charge in [0.1, 0.15) is 12.0 Å². The van der Waals surface area contributed by atoms with Gasteiger partial charge in [-0.1, -0.05) is 5.16 Å². The van der Waals surface area contributed by atoms with Crippen LogP contribution in [0.2, 0.25) is 0 Å². The number of ether oxygens (including phenoxy) is 1. The largest absolute Gasteiger partial charge is 0.480 e. The van der Waals surface area contributed by atoms with E-state index in [2.05, 4.69) is 41.2 Å². The van der Waals surface area contributed by atoms with Crippen LogP contribution in [-0.4, -0.2) is 23.3 Å². The molecule has 0 aromatic carbocycles. The molecule has 0 bridgehead atoms. The fraction of sp³-hybridized carbons (Fsp3) is 0.250. The molecule has 7 nitrogen and oxygen atoms in total. The Hall–Kier alpha value is -2.09. The summed E-state index contributed by atoms with van der Waals surface area (Å²) in [6.07, 6.45) is 2.98. The molecule has 0 radical (unpaired) electrons. The van der Waals surface area contributed by atoms with E-state index in [1.165, 1.54) is 19.6 Å². The number of hydrogen-bond acceptors (Lipinski definition) is 5. The van der Waals surface area contributed by atoms with Crippen LogP contribution in [0, 0.1) is 6.92 Å². The number of pyridine rings is 1. The van der Waals surface area contributed by atoms with Crippen LogP contribution < -0.4 is 15.4 Å². The molecular weight excluding hydrogens is 328 g/mol. The van der Waals surface area contributed by atoms with Crippen molar-refractivity contribution in [2.75, 3.05) is 12.4 Å². The molecular formula is C12H13BrN4O3. The van der Waals surface area contributed by atoms with Gasteiger partial charge < -0.3 is 19.9 Å². The van der Waals surface area contributed by atoms with Crippen molar-refractivity contribution in [3.8, 4) is 5.88 Å². The van der Waals surface area contributed by atoms with Crippen LogP contribution in [0.15, 0.2) is 27.5 Å². The van der Waals surface area contributed by atoms with Gasteiger partial charge in [-0.25, -0.2) is 9.78 Å². The van der Waals surface area contributed by atoms with Crippen molar-refractivity contribution in [3.63, 3.8) is 0 Å². The first-order chi connectivity index (χ1) is 9.61. The SMILES string of the molecule is COc1ncc(NC(=O)NCc2ccon2)c(C)c1Br. The molecule has 20 heavy (non-hydrogen) atoms. The molecule has 2 aromatic rings. The Kier molecular flexibility index (Phi) is 4.57. The average Bonchev–Trinajstić information content (AvgIpc) is 2.95. The van der Waals surface area contributed by atoms with Crippen molar-refractivity contribution in [2.24, 2.45) is 0 Å². The summed E-state index contributed by atoms with van der Waals surface area (Å²) >= 11 is 3.37. The third-order valence-corrected chi connectivity index (χ3v) is 3.53. The van der Waals surface area contributed by atoms with Crippen molar-refractivity contribution >= 4 is 27.6 Å². The van der Waals surface area contributed by atoms with Crippen LogP contribution in [0.3, 0.4) is 0 Å². The fourth-order valence-electron chi connectivity index (χ4n) is 1.49. The molecule has 0 unspecified atom stereocenters. The van der Waals surface area contributed by atoms with E-state index in [0.29, 0.717) is 21.7 Å². The average molecular weight is 341 g/mol. The van der Waals surface area contributed by atoms with Gasteiger partial charge in [0.2, 0.25) is 5.88 Å². The standard InChI is InChI=1S/C12H13BrN4O3/c1-7-9(6-14-11(19-2)10(7)13)16-12(18)15-5-8-3-4-20-17-8/h3-4,6H,5H2,1-2H3,(H2,15,16,18). The summed E-state index contributed by atoms with van der Waals surface area (Å²) in [4.78, 5) is 15.9. The highest BCUT2D eigenvalue weighted by molar-refractivity contribution is 9.10. The van der Waals surface area contributed by atoms with E-state index in [1.54, 1.807) is 6.07 Å². The number of hydrogen-bond donors (Lipinski definition) is 2. The van der Waals surface area contributed by atoms with Crippen LogP contribution in [0.5, 0.6) is 5.88 Å². The summed E-state index contributed by atoms with van der Waals surface area (Å²) in [6.45, 7) is 2.13. The fourth-order valence-corrected chi connectivity index (χ4v) is 1.97. The summed E-state index contributed by atoms with van der Waals surface area (Å²) in [5, 5.41) is 9.07. The van der Waals surface area contributed by atoms with E-state index >= 15 is 0 Å². The minimum atomic E-state index is -0.352. The van der Waals surface area contributed by atoms with Gasteiger partial charge in [0.15, 0.2) is 0 Å². The second kappa shape index (κ2) is 6.38. The molecule has 2 amide bonds. The third kappa shape index (κ3) is 3.27. The molecule has 0 saturated heterocycles. The van der Waals surface area contributed by atoms with E-state index in [1.807, 2.05) is 6.92 Å². The minimum absolute atomic E-state index is 0.284. The zero-order valence-electron chi connectivity index (χ0n) is 10.9. The second-order valence-electron chi connectivity index (χ2n) is 3.92. The molecule has 8 heteroatoms. The summed E-state index contributed by atoms with van der Waals surface area (Å²) < 4.78 is 10.5. The van der Waals surface area contributed by atoms with E-state index < -0.39 is 0 Å². The molecule has 0 aliphatic carbocycles. The first kappa shape index (κ1) is 14.3. The molecule has 0 spiro atoms. The van der Waals surface area contributed by atoms with E-state index in [9.17, 15) is 4.79 Å². The normalized spacial score (nSPS) is 10.2. The Morgan fingerprint density at radius 2 is 2.35 bits per heavy atom. The number of anilines is 1. The molecule has 2 N–H and O–H groups in total. The first-order valence-corrected chi connectivity index (χ1v) is 6.54. The number of halogens is 1. The highest BCUT2D eigenvalue weighted by Crippen LogP contribution is 2.30. The maximum Gasteiger partial charge on any atom is 0.319 e. The van der Waals surface area contributed by atoms with Crippen LogP contribution in [-0.2, 0) is 6.54 Å². The van der Waals surface area contributed by atoms with Crippen molar-refractivity contribution in [1.82, 2.24) is 15.5 Å². The Balaban J connectivity index is 1.99. The molecule has 2 heterocycles. The van der Waals surface area contributed by atoms with Gasteiger partial charge in [-0.05, 0) is 28.4 Å². The number of urea groups is 1. The Labute approximate surface area is 123 Å². The number of nitrogens with zero attached hydrogens (tertiary/aromatic N) is 2. The van der Waals surface area contributed by atoms with E-state index in [0.717, 1.165) is 5.56 Å². The van der Waals surface area contributed by atoms with Gasteiger partial charge >= 0.3 is 6.03 Å². The van der Waals surface area contributed by atoms with E-state index in [4.69, 9.17) is 4.74 Å². The Morgan fingerprint density at radius 1 is 1.55 bits per heavy atom. The molecule has 2 aromatic heterocycles. The molecule has 0 saturated carbocycles. The zero-order chi connectivity index (χ0) is 14.5. The quantitative estimate of drug-likeness (QED) is 0.892. The smallest absolute Gasteiger partial charge is 0.319 e. The van der Waals surface area contributed by atoms with Crippen LogP contribution in [0.25, 0.3) is 0 Å². The zero-order valence-corrected chi connectivity index (χ0v) is 12.5. The molecule has 0 atom stereocenters. The number of aromatic nitrogens is 2. The van der Waals surface area contributed by atoms with Crippen molar-refractivity contribution in [2.45, 2.75) is 13.5 Å². The number of amides is 2. The lowest BCUT2D eigenvalue weighted by molar-refractivity contribution is 0.251. The van der Waals surface area contributed by atoms with Gasteiger partial charge in [-0.15, -0.1) is 0 Å². The minimum Gasteiger partial charge on any atom is -0.480 e. The lowest BCUT2D eigenvalue weighted by Gasteiger charge is -2.11. The maximum absolute atomic E-state index is 11.8. The number of methoxy groups -OCH3 is 1. The molecule has 106 valence electrons. The third-order valence-electron chi connectivity index (χ3n) is 2.59. The number of rotatable bonds is 4. The predicted molar refractivity (Wildman–Crippen MR) is 75.6 cm³/mol. The first-order valence-electron chi connectivity index (χ1n) is 5.75. The highest BCUT2D eigenvalue weighted by atomic mass is 79.9. The molecule has 2 rings (SSSR count). The van der Waals surface area contributed by atoms with Crippen molar-refractivity contribution in [3.05, 3.63) is 34.3 Å². The van der Waals surface area contributed by atoms with Gasteiger partial charge in [-0.2, -0.15) is 0 Å². The Morgan fingerprint density at radius 3 is 3.00 bits per heavy atom. The predicted octanol–water partition coefficient (Wildman–Crippen LogP) is 2.47. The lowest BCUT2D eigenvalue weighted by atomic mass is 10.2. The van der Waals surface area contributed by atoms with E-state index in [-0.39, 0.29) is 12.6 Å². The number of carbonyl (C=O) groups is 1. The summed E-state index contributed by atoms with van der Waals surface area (Å²) in [5.74, 6) is 0.469. The number of carbonyl (C=O) groups excluding carboxylic acids is 1. The van der Waals surface area contributed by atoms with Crippen molar-refractivity contribution < 1.29 is 14.1 Å². The topological polar surface area (TPSA) is 89.3 Å². The molecule has 0 fully saturated rings. The monoisotopic (exact) mass is 340 g/mol. The summed E-state index contributed by atoms with van der Waals surface area (Å²) in [5.41, 5.74) is 2.06. The summed E-state index contributed by atoms with van der Waals surface area (Å²) in [6, 6.07) is 1.33. The summed E-state index contributed by atoms with van der Waals surface area (Å²) in [7, 11) is 1.53. The van der Waals surface area contributed by atoms with Gasteiger partial charge in [0.05, 0.1) is 30.0 Å². The van der Waals surface area contributed by atoms with Gasteiger partial charge in [0, 0.05) is 6.07 Å². The van der Waals surface area contributed by atoms with Gasteiger partial charge in [0.25, 0.3) is 0 Å². The highest BCUT2D eigenvalue weighted by Gasteiger charge is 2.11. The van der Waals surface area contributed by atoms with Gasteiger partial charge in [-0.3, -0.25) is 0 Å². The van der Waals surface area contributed by atoms with Crippen LogP contribution in [0.4, 0.5) is 10.5 Å². The number of nitrogens with one attached hydrogen (secondary N) is 2.